The number of benzene rings is 1. The molecule has 1 fully saturated rings. The average molecular weight is 246 g/mol. The number of hydrogen-bond donors (Lipinski definition) is 1. The molecule has 0 aromatic heterocycles. The van der Waals surface area contributed by atoms with Gasteiger partial charge in [0, 0.05) is 32.6 Å². The van der Waals surface area contributed by atoms with Gasteiger partial charge in [0.2, 0.25) is 5.91 Å². The third-order valence-corrected chi connectivity index (χ3v) is 3.89. The summed E-state index contributed by atoms with van der Waals surface area (Å²) >= 11 is 0. The largest absolute Gasteiger partial charge is 0.346 e. The maximum absolute atomic E-state index is 12.3. The smallest absolute Gasteiger partial charge is 0.227 e. The molecule has 2 atom stereocenters. The zero-order valence-electron chi connectivity index (χ0n) is 11.4. The molecule has 2 unspecified atom stereocenters. The minimum absolute atomic E-state index is 0.0812. The molecule has 1 aromatic rings. The fourth-order valence-corrected chi connectivity index (χ4v) is 2.54. The summed E-state index contributed by atoms with van der Waals surface area (Å²) in [6, 6.07) is 8.55. The van der Waals surface area contributed by atoms with E-state index in [4.69, 9.17) is 0 Å². The fourth-order valence-electron chi connectivity index (χ4n) is 2.54. The predicted molar refractivity (Wildman–Crippen MR) is 73.6 cm³/mol. The number of carbonyl (C=O) groups is 1. The van der Waals surface area contributed by atoms with Crippen LogP contribution in [0.4, 0.5) is 0 Å². The summed E-state index contributed by atoms with van der Waals surface area (Å²) in [6.07, 6.45) is 0. The molecule has 1 N–H and O–H groups in total. The van der Waals surface area contributed by atoms with E-state index in [0.29, 0.717) is 5.92 Å². The number of aryl methyl sites for hydroxylation is 1. The highest BCUT2D eigenvalue weighted by Crippen LogP contribution is 2.29. The Balaban J connectivity index is 2.17. The molecule has 0 radical (unpaired) electrons. The Morgan fingerprint density at radius 3 is 2.61 bits per heavy atom. The van der Waals surface area contributed by atoms with E-state index in [1.807, 2.05) is 18.9 Å². The normalized spacial score (nSPS) is 23.1. The first-order chi connectivity index (χ1) is 8.63. The van der Waals surface area contributed by atoms with Crippen LogP contribution in [-0.4, -0.2) is 37.5 Å². The van der Waals surface area contributed by atoms with Crippen LogP contribution in [0.2, 0.25) is 0 Å². The molecule has 18 heavy (non-hydrogen) atoms. The summed E-state index contributed by atoms with van der Waals surface area (Å²) in [5.74, 6) is 0.651. The lowest BCUT2D eigenvalue weighted by Crippen LogP contribution is -2.35. The Morgan fingerprint density at radius 2 is 2.00 bits per heavy atom. The average Bonchev–Trinajstić information content (AvgIpc) is 2.87. The van der Waals surface area contributed by atoms with E-state index in [0.717, 1.165) is 19.6 Å². The van der Waals surface area contributed by atoms with Gasteiger partial charge in [-0.25, -0.2) is 0 Å². The van der Waals surface area contributed by atoms with Crippen molar-refractivity contribution in [1.82, 2.24) is 10.2 Å². The number of nitrogens with one attached hydrogen (secondary N) is 1. The molecule has 0 saturated carbocycles. The monoisotopic (exact) mass is 246 g/mol. The number of rotatable bonds is 3. The van der Waals surface area contributed by atoms with Crippen LogP contribution < -0.4 is 5.32 Å². The molecule has 1 heterocycles. The molecule has 98 valence electrons. The minimum Gasteiger partial charge on any atom is -0.346 e. The van der Waals surface area contributed by atoms with Gasteiger partial charge in [-0.3, -0.25) is 4.79 Å². The van der Waals surface area contributed by atoms with Crippen molar-refractivity contribution in [2.45, 2.75) is 19.8 Å². The van der Waals surface area contributed by atoms with Crippen LogP contribution in [0.15, 0.2) is 24.3 Å². The van der Waals surface area contributed by atoms with Crippen molar-refractivity contribution in [2.24, 2.45) is 5.92 Å². The van der Waals surface area contributed by atoms with Crippen molar-refractivity contribution in [1.29, 1.82) is 0 Å². The van der Waals surface area contributed by atoms with E-state index in [9.17, 15) is 4.79 Å². The van der Waals surface area contributed by atoms with E-state index in [-0.39, 0.29) is 11.8 Å². The number of amides is 1. The van der Waals surface area contributed by atoms with Crippen molar-refractivity contribution in [3.8, 4) is 0 Å². The quantitative estimate of drug-likeness (QED) is 0.881. The Hall–Kier alpha value is -1.35. The molecular formula is C15H22N2O. The molecule has 0 aliphatic carbocycles. The highest BCUT2D eigenvalue weighted by molar-refractivity contribution is 5.80. The summed E-state index contributed by atoms with van der Waals surface area (Å²) in [5, 5.41) is 3.35. The van der Waals surface area contributed by atoms with Crippen molar-refractivity contribution in [3.63, 3.8) is 0 Å². The molecule has 3 nitrogen and oxygen atoms in total. The molecule has 1 aliphatic heterocycles. The van der Waals surface area contributed by atoms with Gasteiger partial charge in [-0.1, -0.05) is 29.8 Å². The van der Waals surface area contributed by atoms with Gasteiger partial charge in [0.05, 0.1) is 5.92 Å². The van der Waals surface area contributed by atoms with Gasteiger partial charge in [0.15, 0.2) is 0 Å². The van der Waals surface area contributed by atoms with Gasteiger partial charge in [-0.05, 0) is 19.4 Å². The van der Waals surface area contributed by atoms with Crippen molar-refractivity contribution in [3.05, 3.63) is 35.4 Å². The van der Waals surface area contributed by atoms with Crippen LogP contribution in [-0.2, 0) is 4.79 Å². The molecule has 2 rings (SSSR count). The van der Waals surface area contributed by atoms with Gasteiger partial charge in [0.25, 0.3) is 0 Å². The first-order valence-electron chi connectivity index (χ1n) is 6.65. The maximum atomic E-state index is 12.3. The highest BCUT2D eigenvalue weighted by atomic mass is 16.2. The lowest BCUT2D eigenvalue weighted by atomic mass is 9.87. The molecular weight excluding hydrogens is 224 g/mol. The van der Waals surface area contributed by atoms with E-state index in [1.54, 1.807) is 0 Å². The first kappa shape index (κ1) is 13.1. The first-order valence-corrected chi connectivity index (χ1v) is 6.65. The fraction of sp³-hybridized carbons (Fsp3) is 0.533. The third kappa shape index (κ3) is 2.56. The summed E-state index contributed by atoms with van der Waals surface area (Å²) in [7, 11) is 1.88. The Morgan fingerprint density at radius 1 is 1.33 bits per heavy atom. The molecule has 1 amide bonds. The lowest BCUT2D eigenvalue weighted by Gasteiger charge is -2.23. The second-order valence-corrected chi connectivity index (χ2v) is 5.13. The van der Waals surface area contributed by atoms with E-state index in [1.165, 1.54) is 11.1 Å². The number of nitrogens with zero attached hydrogens (tertiary/aromatic N) is 1. The van der Waals surface area contributed by atoms with Crippen LogP contribution >= 0.6 is 0 Å². The molecule has 0 spiro atoms. The van der Waals surface area contributed by atoms with Crippen molar-refractivity contribution in [2.75, 3.05) is 26.7 Å². The molecule has 0 bridgehead atoms. The van der Waals surface area contributed by atoms with E-state index < -0.39 is 0 Å². The number of carbonyl (C=O) groups excluding carboxylic acids is 1. The molecule has 1 aromatic carbocycles. The van der Waals surface area contributed by atoms with Gasteiger partial charge in [-0.2, -0.15) is 0 Å². The molecule has 3 heteroatoms. The number of hydrogen-bond acceptors (Lipinski definition) is 2. The third-order valence-electron chi connectivity index (χ3n) is 3.89. The van der Waals surface area contributed by atoms with Gasteiger partial charge in [0.1, 0.15) is 0 Å². The lowest BCUT2D eigenvalue weighted by molar-refractivity contribution is -0.133. The van der Waals surface area contributed by atoms with Gasteiger partial charge >= 0.3 is 0 Å². The standard InChI is InChI=1S/C15H22N2O/c1-4-17(3)15(18)14-10-16-9-13(14)12-7-5-11(2)6-8-12/h5-8,13-14,16H,4,9-10H2,1-3H3. The second kappa shape index (κ2) is 5.53. The predicted octanol–water partition coefficient (Wildman–Crippen LogP) is 1.78. The van der Waals surface area contributed by atoms with Crippen molar-refractivity contribution < 1.29 is 4.79 Å². The maximum Gasteiger partial charge on any atom is 0.227 e. The molecule has 1 saturated heterocycles. The Labute approximate surface area is 109 Å². The topological polar surface area (TPSA) is 32.3 Å². The zero-order chi connectivity index (χ0) is 13.1. The summed E-state index contributed by atoms with van der Waals surface area (Å²) in [5.41, 5.74) is 2.53. The van der Waals surface area contributed by atoms with Crippen LogP contribution in [0.5, 0.6) is 0 Å². The molecule has 1 aliphatic rings. The zero-order valence-corrected chi connectivity index (χ0v) is 11.4. The van der Waals surface area contributed by atoms with Crippen LogP contribution in [0.25, 0.3) is 0 Å². The highest BCUT2D eigenvalue weighted by Gasteiger charge is 2.35. The summed E-state index contributed by atoms with van der Waals surface area (Å²) in [4.78, 5) is 14.1. The summed E-state index contributed by atoms with van der Waals surface area (Å²) in [6.45, 7) is 6.57. The SMILES string of the molecule is CCN(C)C(=O)C1CNCC1c1ccc(C)cc1. The van der Waals surface area contributed by atoms with Gasteiger partial charge in [-0.15, -0.1) is 0 Å². The van der Waals surface area contributed by atoms with Crippen LogP contribution in [0.3, 0.4) is 0 Å². The Kier molecular flexibility index (Phi) is 4.02. The Bertz CT molecular complexity index is 413. The van der Waals surface area contributed by atoms with Crippen molar-refractivity contribution >= 4 is 5.91 Å². The second-order valence-electron chi connectivity index (χ2n) is 5.13. The van der Waals surface area contributed by atoms with Crippen LogP contribution in [0, 0.1) is 12.8 Å². The van der Waals surface area contributed by atoms with Crippen LogP contribution in [0.1, 0.15) is 24.0 Å². The van der Waals surface area contributed by atoms with E-state index >= 15 is 0 Å². The van der Waals surface area contributed by atoms with E-state index in [2.05, 4.69) is 36.5 Å². The summed E-state index contributed by atoms with van der Waals surface area (Å²) < 4.78 is 0. The van der Waals surface area contributed by atoms with Gasteiger partial charge < -0.3 is 10.2 Å². The minimum atomic E-state index is 0.0812.